The van der Waals surface area contributed by atoms with Crippen molar-refractivity contribution in [1.29, 1.82) is 0 Å². The van der Waals surface area contributed by atoms with Crippen LogP contribution in [0.3, 0.4) is 0 Å². The van der Waals surface area contributed by atoms with E-state index in [4.69, 9.17) is 25.6 Å². The van der Waals surface area contributed by atoms with Crippen LogP contribution >= 0.6 is 11.6 Å². The lowest BCUT2D eigenvalue weighted by atomic mass is 10.2. The SMILES string of the molecule is O=C(NCCc1nc(-c2ccc(Cl)cc2)no1)c1ccc2c(c1)OCCO2. The summed E-state index contributed by atoms with van der Waals surface area (Å²) in [5.74, 6) is 1.96. The van der Waals surface area contributed by atoms with Gasteiger partial charge in [-0.05, 0) is 42.5 Å². The molecule has 1 aliphatic rings. The van der Waals surface area contributed by atoms with Crippen LogP contribution in [0.15, 0.2) is 47.0 Å². The minimum atomic E-state index is -0.204. The average Bonchev–Trinajstić information content (AvgIpc) is 3.17. The van der Waals surface area contributed by atoms with Crippen LogP contribution in [0, 0.1) is 0 Å². The Bertz CT molecular complexity index is 956. The number of rotatable bonds is 5. The van der Waals surface area contributed by atoms with Crippen molar-refractivity contribution >= 4 is 17.5 Å². The molecular weight excluding hydrogens is 370 g/mol. The van der Waals surface area contributed by atoms with Crippen molar-refractivity contribution in [3.63, 3.8) is 0 Å². The molecular formula is C19H16ClN3O4. The zero-order valence-corrected chi connectivity index (χ0v) is 15.0. The molecule has 1 N–H and O–H groups in total. The number of carbonyl (C=O) groups is 1. The number of fused-ring (bicyclic) bond motifs is 1. The summed E-state index contributed by atoms with van der Waals surface area (Å²) in [6.07, 6.45) is 0.427. The number of nitrogens with one attached hydrogen (secondary N) is 1. The van der Waals surface area contributed by atoms with Crippen molar-refractivity contribution < 1.29 is 18.8 Å². The number of amides is 1. The Hall–Kier alpha value is -3.06. The molecule has 0 saturated carbocycles. The van der Waals surface area contributed by atoms with E-state index in [0.717, 1.165) is 5.56 Å². The molecule has 8 heteroatoms. The number of hydrogen-bond acceptors (Lipinski definition) is 6. The average molecular weight is 386 g/mol. The van der Waals surface area contributed by atoms with Gasteiger partial charge in [-0.2, -0.15) is 4.98 Å². The molecule has 1 amide bonds. The molecule has 0 fully saturated rings. The molecule has 0 unspecified atom stereocenters. The van der Waals surface area contributed by atoms with Gasteiger partial charge in [0, 0.05) is 29.1 Å². The summed E-state index contributed by atoms with van der Waals surface area (Å²) < 4.78 is 16.2. The van der Waals surface area contributed by atoms with E-state index in [1.807, 2.05) is 12.1 Å². The smallest absolute Gasteiger partial charge is 0.251 e. The molecule has 1 aliphatic heterocycles. The molecule has 27 heavy (non-hydrogen) atoms. The first-order valence-corrected chi connectivity index (χ1v) is 8.83. The van der Waals surface area contributed by atoms with Gasteiger partial charge in [0.05, 0.1) is 0 Å². The van der Waals surface area contributed by atoms with Crippen molar-refractivity contribution in [2.75, 3.05) is 19.8 Å². The number of nitrogens with zero attached hydrogens (tertiary/aromatic N) is 2. The van der Waals surface area contributed by atoms with E-state index in [9.17, 15) is 4.79 Å². The molecule has 2 heterocycles. The van der Waals surface area contributed by atoms with Crippen LogP contribution < -0.4 is 14.8 Å². The highest BCUT2D eigenvalue weighted by Gasteiger charge is 2.15. The number of ether oxygens (including phenoxy) is 2. The molecule has 1 aromatic heterocycles. The summed E-state index contributed by atoms with van der Waals surface area (Å²) in [6.45, 7) is 1.36. The number of hydrogen-bond donors (Lipinski definition) is 1. The minimum absolute atomic E-state index is 0.204. The molecule has 2 aromatic carbocycles. The normalized spacial score (nSPS) is 12.6. The third-order valence-corrected chi connectivity index (χ3v) is 4.25. The highest BCUT2D eigenvalue weighted by atomic mass is 35.5. The summed E-state index contributed by atoms with van der Waals surface area (Å²) in [5.41, 5.74) is 1.32. The lowest BCUT2D eigenvalue weighted by Gasteiger charge is -2.18. The standard InChI is InChI=1S/C19H16ClN3O4/c20-14-4-1-12(2-5-14)18-22-17(27-23-18)7-8-21-19(24)13-3-6-15-16(11-13)26-10-9-25-15/h1-6,11H,7-10H2,(H,21,24). The number of aromatic nitrogens is 2. The van der Waals surface area contributed by atoms with Gasteiger partial charge in [-0.15, -0.1) is 0 Å². The van der Waals surface area contributed by atoms with Crippen LogP contribution in [0.5, 0.6) is 11.5 Å². The Morgan fingerprint density at radius 2 is 1.85 bits per heavy atom. The van der Waals surface area contributed by atoms with Crippen molar-refractivity contribution in [2.24, 2.45) is 0 Å². The van der Waals surface area contributed by atoms with Crippen molar-refractivity contribution in [1.82, 2.24) is 15.5 Å². The van der Waals surface area contributed by atoms with E-state index in [2.05, 4.69) is 15.5 Å². The first kappa shape index (κ1) is 17.4. The van der Waals surface area contributed by atoms with Gasteiger partial charge in [0.1, 0.15) is 13.2 Å². The molecule has 0 aliphatic carbocycles. The van der Waals surface area contributed by atoms with E-state index >= 15 is 0 Å². The molecule has 0 radical (unpaired) electrons. The Balaban J connectivity index is 1.33. The lowest BCUT2D eigenvalue weighted by Crippen LogP contribution is -2.26. The zero-order chi connectivity index (χ0) is 18.6. The van der Waals surface area contributed by atoms with Crippen LogP contribution in [0.1, 0.15) is 16.2 Å². The monoisotopic (exact) mass is 385 g/mol. The van der Waals surface area contributed by atoms with Crippen LogP contribution in [0.2, 0.25) is 5.02 Å². The maximum atomic E-state index is 12.3. The number of benzene rings is 2. The lowest BCUT2D eigenvalue weighted by molar-refractivity contribution is 0.0952. The third kappa shape index (κ3) is 4.03. The third-order valence-electron chi connectivity index (χ3n) is 4.00. The van der Waals surface area contributed by atoms with Gasteiger partial charge in [-0.3, -0.25) is 4.79 Å². The van der Waals surface area contributed by atoms with Crippen molar-refractivity contribution in [3.8, 4) is 22.9 Å². The van der Waals surface area contributed by atoms with Gasteiger partial charge in [0.2, 0.25) is 11.7 Å². The highest BCUT2D eigenvalue weighted by Crippen LogP contribution is 2.30. The largest absolute Gasteiger partial charge is 0.486 e. The van der Waals surface area contributed by atoms with E-state index < -0.39 is 0 Å². The maximum Gasteiger partial charge on any atom is 0.251 e. The quantitative estimate of drug-likeness (QED) is 0.726. The van der Waals surface area contributed by atoms with Crippen LogP contribution in [-0.2, 0) is 6.42 Å². The van der Waals surface area contributed by atoms with Crippen LogP contribution in [0.25, 0.3) is 11.4 Å². The Morgan fingerprint density at radius 3 is 2.67 bits per heavy atom. The summed E-state index contributed by atoms with van der Waals surface area (Å²) in [6, 6.07) is 12.3. The van der Waals surface area contributed by atoms with Gasteiger partial charge in [0.25, 0.3) is 5.91 Å². The molecule has 0 bridgehead atoms. The first-order chi connectivity index (χ1) is 13.2. The van der Waals surface area contributed by atoms with Gasteiger partial charge < -0.3 is 19.3 Å². The van der Waals surface area contributed by atoms with Crippen LogP contribution in [-0.4, -0.2) is 35.8 Å². The topological polar surface area (TPSA) is 86.5 Å². The molecule has 138 valence electrons. The maximum absolute atomic E-state index is 12.3. The summed E-state index contributed by atoms with van der Waals surface area (Å²) in [4.78, 5) is 16.6. The molecule has 4 rings (SSSR count). The Kier molecular flexibility index (Phi) is 4.93. The molecule has 0 atom stereocenters. The summed E-state index contributed by atoms with van der Waals surface area (Å²) in [7, 11) is 0. The predicted molar refractivity (Wildman–Crippen MR) is 98.2 cm³/mol. The fourth-order valence-corrected chi connectivity index (χ4v) is 2.77. The Labute approximate surface area is 160 Å². The van der Waals surface area contributed by atoms with E-state index in [0.29, 0.717) is 60.0 Å². The number of carbonyl (C=O) groups excluding carboxylic acids is 1. The summed E-state index contributed by atoms with van der Waals surface area (Å²) >= 11 is 5.87. The second kappa shape index (κ2) is 7.67. The number of halogens is 1. The summed E-state index contributed by atoms with van der Waals surface area (Å²) in [5, 5.41) is 7.42. The van der Waals surface area contributed by atoms with E-state index in [1.54, 1.807) is 30.3 Å². The molecule has 7 nitrogen and oxygen atoms in total. The molecule has 0 saturated heterocycles. The zero-order valence-electron chi connectivity index (χ0n) is 14.3. The molecule has 0 spiro atoms. The van der Waals surface area contributed by atoms with Crippen molar-refractivity contribution in [3.05, 3.63) is 58.9 Å². The van der Waals surface area contributed by atoms with Gasteiger partial charge in [-0.1, -0.05) is 16.8 Å². The predicted octanol–water partition coefficient (Wildman–Crippen LogP) is 3.13. The highest BCUT2D eigenvalue weighted by molar-refractivity contribution is 6.30. The van der Waals surface area contributed by atoms with Crippen LogP contribution in [0.4, 0.5) is 0 Å². The second-order valence-corrected chi connectivity index (χ2v) is 6.32. The second-order valence-electron chi connectivity index (χ2n) is 5.88. The fourth-order valence-electron chi connectivity index (χ4n) is 2.64. The van der Waals surface area contributed by atoms with E-state index in [-0.39, 0.29) is 5.91 Å². The van der Waals surface area contributed by atoms with Gasteiger partial charge in [0.15, 0.2) is 11.5 Å². The van der Waals surface area contributed by atoms with Gasteiger partial charge >= 0.3 is 0 Å². The minimum Gasteiger partial charge on any atom is -0.486 e. The van der Waals surface area contributed by atoms with Crippen molar-refractivity contribution in [2.45, 2.75) is 6.42 Å². The fraction of sp³-hybridized carbons (Fsp3) is 0.211. The van der Waals surface area contributed by atoms with Gasteiger partial charge in [-0.25, -0.2) is 0 Å². The molecule has 3 aromatic rings. The van der Waals surface area contributed by atoms with E-state index in [1.165, 1.54) is 0 Å². The Morgan fingerprint density at radius 1 is 1.07 bits per heavy atom. The first-order valence-electron chi connectivity index (χ1n) is 8.45.